The number of nitrogens with one attached hydrogen (secondary N) is 1. The largest absolute Gasteiger partial charge is 0.352 e. The van der Waals surface area contributed by atoms with Crippen molar-refractivity contribution in [2.24, 2.45) is 0 Å². The zero-order valence-electron chi connectivity index (χ0n) is 12.8. The number of benzene rings is 2. The molecule has 0 spiro atoms. The van der Waals surface area contributed by atoms with E-state index in [1.165, 1.54) is 23.8 Å². The molecule has 2 rings (SSSR count). The summed E-state index contributed by atoms with van der Waals surface area (Å²) in [5, 5.41) is 3.00. The molecule has 2 aromatic carbocycles. The summed E-state index contributed by atoms with van der Waals surface area (Å²) >= 11 is 5.99. The van der Waals surface area contributed by atoms with Gasteiger partial charge in [-0.1, -0.05) is 41.9 Å². The van der Waals surface area contributed by atoms with Crippen molar-refractivity contribution in [2.45, 2.75) is 17.7 Å². The molecule has 122 valence electrons. The highest BCUT2D eigenvalue weighted by Gasteiger charge is 2.15. The molecule has 0 fully saturated rings. The van der Waals surface area contributed by atoms with Gasteiger partial charge in [0.1, 0.15) is 0 Å². The molecule has 0 aromatic heterocycles. The van der Waals surface area contributed by atoms with Crippen molar-refractivity contribution in [3.63, 3.8) is 0 Å². The zero-order valence-corrected chi connectivity index (χ0v) is 14.3. The van der Waals surface area contributed by atoms with Crippen LogP contribution in [-0.4, -0.2) is 27.1 Å². The molecule has 0 aliphatic heterocycles. The predicted octanol–water partition coefficient (Wildman–Crippen LogP) is 3.11. The fraction of sp³-hybridized carbons (Fsp3) is 0.235. The third-order valence-corrected chi connectivity index (χ3v) is 4.82. The number of aryl methyl sites for hydroxylation is 1. The quantitative estimate of drug-likeness (QED) is 0.813. The molecular weight excluding hydrogens is 334 g/mol. The number of hydrogen-bond donors (Lipinski definition) is 1. The summed E-state index contributed by atoms with van der Waals surface area (Å²) in [6.07, 6.45) is 2.75. The number of sulfone groups is 1. The fourth-order valence-corrected chi connectivity index (χ4v) is 2.99. The van der Waals surface area contributed by atoms with Crippen LogP contribution in [0.4, 0.5) is 0 Å². The first kappa shape index (κ1) is 17.5. The Bertz CT molecular complexity index is 789. The highest BCUT2D eigenvalue weighted by Crippen LogP contribution is 2.20. The second-order valence-electron chi connectivity index (χ2n) is 5.26. The van der Waals surface area contributed by atoms with Crippen LogP contribution in [0, 0.1) is 0 Å². The minimum absolute atomic E-state index is 0.0799. The third kappa shape index (κ3) is 5.08. The molecule has 1 amide bonds. The van der Waals surface area contributed by atoms with Crippen LogP contribution in [0.25, 0.3) is 0 Å². The molecule has 0 atom stereocenters. The minimum atomic E-state index is -3.38. The molecule has 1 N–H and O–H groups in total. The van der Waals surface area contributed by atoms with Crippen LogP contribution >= 0.6 is 11.6 Å². The molecular formula is C17H18ClNO3S. The number of halogens is 1. The van der Waals surface area contributed by atoms with E-state index in [1.54, 1.807) is 0 Å². The van der Waals surface area contributed by atoms with Crippen molar-refractivity contribution in [1.82, 2.24) is 5.32 Å². The normalized spacial score (nSPS) is 11.2. The molecule has 0 bridgehead atoms. The van der Waals surface area contributed by atoms with E-state index in [0.717, 1.165) is 19.1 Å². The fourth-order valence-electron chi connectivity index (χ4n) is 2.14. The van der Waals surface area contributed by atoms with Gasteiger partial charge in [0.2, 0.25) is 0 Å². The Hall–Kier alpha value is -1.85. The van der Waals surface area contributed by atoms with Crippen LogP contribution in [0.2, 0.25) is 5.02 Å². The lowest BCUT2D eigenvalue weighted by Gasteiger charge is -2.08. The lowest BCUT2D eigenvalue weighted by Crippen LogP contribution is -2.25. The summed E-state index contributed by atoms with van der Waals surface area (Å²) in [6.45, 7) is 0.493. The van der Waals surface area contributed by atoms with Crippen molar-refractivity contribution in [3.05, 3.63) is 64.7 Å². The van der Waals surface area contributed by atoms with E-state index in [-0.39, 0.29) is 21.4 Å². The van der Waals surface area contributed by atoms with E-state index in [1.807, 2.05) is 30.3 Å². The minimum Gasteiger partial charge on any atom is -0.352 e. The number of carbonyl (C=O) groups excluding carboxylic acids is 1. The van der Waals surface area contributed by atoms with E-state index in [4.69, 9.17) is 11.6 Å². The van der Waals surface area contributed by atoms with E-state index < -0.39 is 9.84 Å². The van der Waals surface area contributed by atoms with Gasteiger partial charge in [-0.05, 0) is 36.6 Å². The SMILES string of the molecule is CS(=O)(=O)c1ccc(Cl)c(C(=O)NCCCc2ccccc2)c1. The summed E-state index contributed by atoms with van der Waals surface area (Å²) in [5.41, 5.74) is 1.38. The maximum Gasteiger partial charge on any atom is 0.252 e. The zero-order chi connectivity index (χ0) is 16.9. The van der Waals surface area contributed by atoms with Gasteiger partial charge >= 0.3 is 0 Å². The lowest BCUT2D eigenvalue weighted by molar-refractivity contribution is 0.0953. The summed E-state index contributed by atoms with van der Waals surface area (Å²) in [4.78, 5) is 12.2. The second-order valence-corrected chi connectivity index (χ2v) is 7.68. The van der Waals surface area contributed by atoms with E-state index in [9.17, 15) is 13.2 Å². The molecule has 6 heteroatoms. The van der Waals surface area contributed by atoms with Gasteiger partial charge in [-0.15, -0.1) is 0 Å². The predicted molar refractivity (Wildman–Crippen MR) is 91.7 cm³/mol. The Balaban J connectivity index is 1.95. The van der Waals surface area contributed by atoms with Crippen LogP contribution in [0.15, 0.2) is 53.4 Å². The average Bonchev–Trinajstić information content (AvgIpc) is 2.51. The van der Waals surface area contributed by atoms with Crippen molar-refractivity contribution in [1.29, 1.82) is 0 Å². The van der Waals surface area contributed by atoms with Crippen molar-refractivity contribution < 1.29 is 13.2 Å². The van der Waals surface area contributed by atoms with Crippen molar-refractivity contribution in [2.75, 3.05) is 12.8 Å². The molecule has 23 heavy (non-hydrogen) atoms. The van der Waals surface area contributed by atoms with Gasteiger partial charge in [-0.2, -0.15) is 0 Å². The van der Waals surface area contributed by atoms with Gasteiger partial charge in [0.05, 0.1) is 15.5 Å². The van der Waals surface area contributed by atoms with Gasteiger partial charge < -0.3 is 5.32 Å². The molecule has 0 aliphatic rings. The molecule has 0 radical (unpaired) electrons. The molecule has 2 aromatic rings. The summed E-state index contributed by atoms with van der Waals surface area (Å²) in [7, 11) is -3.38. The van der Waals surface area contributed by atoms with E-state index >= 15 is 0 Å². The molecule has 0 saturated heterocycles. The number of amides is 1. The standard InChI is InChI=1S/C17H18ClNO3S/c1-23(21,22)14-9-10-16(18)15(12-14)17(20)19-11-5-8-13-6-3-2-4-7-13/h2-4,6-7,9-10,12H,5,8,11H2,1H3,(H,19,20). The molecule has 0 heterocycles. The molecule has 0 unspecified atom stereocenters. The highest BCUT2D eigenvalue weighted by atomic mass is 35.5. The first-order valence-electron chi connectivity index (χ1n) is 7.19. The molecule has 0 aliphatic carbocycles. The van der Waals surface area contributed by atoms with E-state index in [0.29, 0.717) is 6.54 Å². The lowest BCUT2D eigenvalue weighted by atomic mass is 10.1. The monoisotopic (exact) mass is 351 g/mol. The Morgan fingerprint density at radius 1 is 1.13 bits per heavy atom. The van der Waals surface area contributed by atoms with Crippen molar-refractivity contribution >= 4 is 27.3 Å². The summed E-state index contributed by atoms with van der Waals surface area (Å²) in [5.74, 6) is -0.367. The van der Waals surface area contributed by atoms with E-state index in [2.05, 4.69) is 5.32 Å². The van der Waals surface area contributed by atoms with Gasteiger partial charge in [-0.25, -0.2) is 8.42 Å². The highest BCUT2D eigenvalue weighted by molar-refractivity contribution is 7.90. The number of carbonyl (C=O) groups is 1. The Labute approximate surface area is 141 Å². The van der Waals surface area contributed by atoms with Crippen LogP contribution in [0.1, 0.15) is 22.3 Å². The van der Waals surface area contributed by atoms with Crippen LogP contribution in [-0.2, 0) is 16.3 Å². The Morgan fingerprint density at radius 2 is 1.83 bits per heavy atom. The summed E-state index contributed by atoms with van der Waals surface area (Å²) in [6, 6.07) is 14.1. The molecule has 4 nitrogen and oxygen atoms in total. The topological polar surface area (TPSA) is 63.2 Å². The Morgan fingerprint density at radius 3 is 2.48 bits per heavy atom. The first-order valence-corrected chi connectivity index (χ1v) is 9.46. The smallest absolute Gasteiger partial charge is 0.252 e. The number of hydrogen-bond acceptors (Lipinski definition) is 3. The van der Waals surface area contributed by atoms with Crippen LogP contribution < -0.4 is 5.32 Å². The maximum atomic E-state index is 12.2. The van der Waals surface area contributed by atoms with Crippen LogP contribution in [0.3, 0.4) is 0 Å². The Kier molecular flexibility index (Phi) is 5.80. The summed E-state index contributed by atoms with van der Waals surface area (Å²) < 4.78 is 23.1. The third-order valence-electron chi connectivity index (χ3n) is 3.38. The van der Waals surface area contributed by atoms with Gasteiger partial charge in [-0.3, -0.25) is 4.79 Å². The molecule has 0 saturated carbocycles. The van der Waals surface area contributed by atoms with Gasteiger partial charge in [0.25, 0.3) is 5.91 Å². The van der Waals surface area contributed by atoms with Crippen molar-refractivity contribution in [3.8, 4) is 0 Å². The average molecular weight is 352 g/mol. The first-order chi connectivity index (χ1) is 10.9. The van der Waals surface area contributed by atoms with Crippen LogP contribution in [0.5, 0.6) is 0 Å². The number of rotatable bonds is 6. The second kappa shape index (κ2) is 7.62. The van der Waals surface area contributed by atoms with Gasteiger partial charge in [0, 0.05) is 12.8 Å². The van der Waals surface area contributed by atoms with Gasteiger partial charge in [0.15, 0.2) is 9.84 Å². The maximum absolute atomic E-state index is 12.2.